The second-order valence-electron chi connectivity index (χ2n) is 5.05. The first-order valence-electron chi connectivity index (χ1n) is 7.05. The zero-order valence-electron chi connectivity index (χ0n) is 12.1. The minimum atomic E-state index is -0.106. The molecular weight excluding hydrogens is 346 g/mol. The minimum Gasteiger partial charge on any atom is -0.496 e. The summed E-state index contributed by atoms with van der Waals surface area (Å²) in [5.74, 6) is 1.44. The molecule has 0 fully saturated rings. The van der Waals surface area contributed by atoms with Gasteiger partial charge < -0.3 is 14.8 Å². The van der Waals surface area contributed by atoms with Crippen molar-refractivity contribution in [2.24, 2.45) is 0 Å². The molecule has 1 amide bonds. The van der Waals surface area contributed by atoms with Crippen LogP contribution in [0.5, 0.6) is 11.5 Å². The molecule has 114 valence electrons. The van der Waals surface area contributed by atoms with Gasteiger partial charge in [0.25, 0.3) is 5.91 Å². The molecule has 5 heteroatoms. The predicted octanol–water partition coefficient (Wildman–Crippen LogP) is 3.71. The number of nitrogens with one attached hydrogen (secondary N) is 1. The van der Waals surface area contributed by atoms with E-state index >= 15 is 0 Å². The molecular formula is C17H16BrNO3. The first-order chi connectivity index (χ1) is 10.7. The smallest absolute Gasteiger partial charge is 0.251 e. The molecule has 2 aromatic carbocycles. The van der Waals surface area contributed by atoms with E-state index in [-0.39, 0.29) is 11.9 Å². The van der Waals surface area contributed by atoms with Crippen LogP contribution >= 0.6 is 15.9 Å². The van der Waals surface area contributed by atoms with Crippen LogP contribution < -0.4 is 14.8 Å². The normalized spacial score (nSPS) is 16.4. The molecule has 1 N–H and O–H groups in total. The number of carbonyl (C=O) groups is 1. The summed E-state index contributed by atoms with van der Waals surface area (Å²) in [7, 11) is 1.60. The Kier molecular flexibility index (Phi) is 4.34. The molecule has 0 aliphatic carbocycles. The number of hydrogen-bond acceptors (Lipinski definition) is 3. The Labute approximate surface area is 137 Å². The molecule has 0 saturated carbocycles. The van der Waals surface area contributed by atoms with E-state index in [9.17, 15) is 4.79 Å². The Hall–Kier alpha value is -2.01. The van der Waals surface area contributed by atoms with Gasteiger partial charge in [-0.15, -0.1) is 0 Å². The third kappa shape index (κ3) is 2.95. The summed E-state index contributed by atoms with van der Waals surface area (Å²) in [6.07, 6.45) is 0.764. The second kappa shape index (κ2) is 6.40. The van der Waals surface area contributed by atoms with Gasteiger partial charge in [0.2, 0.25) is 0 Å². The number of methoxy groups -OCH3 is 1. The SMILES string of the molecule is COc1ccc(C(=O)N[C@H]2CCOc3ccccc32)cc1Br. The molecule has 0 unspecified atom stereocenters. The van der Waals surface area contributed by atoms with Gasteiger partial charge in [0.15, 0.2) is 0 Å². The molecule has 1 aliphatic heterocycles. The number of fused-ring (bicyclic) bond motifs is 1. The first-order valence-corrected chi connectivity index (χ1v) is 7.84. The van der Waals surface area contributed by atoms with E-state index in [4.69, 9.17) is 9.47 Å². The molecule has 0 saturated heterocycles. The van der Waals surface area contributed by atoms with E-state index in [0.29, 0.717) is 17.9 Å². The van der Waals surface area contributed by atoms with Crippen LogP contribution in [0.2, 0.25) is 0 Å². The van der Waals surface area contributed by atoms with Crippen molar-refractivity contribution in [3.8, 4) is 11.5 Å². The summed E-state index contributed by atoms with van der Waals surface area (Å²) < 4.78 is 11.6. The number of para-hydroxylation sites is 1. The fourth-order valence-corrected chi connectivity index (χ4v) is 3.08. The van der Waals surface area contributed by atoms with Crippen molar-refractivity contribution in [2.75, 3.05) is 13.7 Å². The summed E-state index contributed by atoms with van der Waals surface area (Å²) in [6.45, 7) is 0.605. The highest BCUT2D eigenvalue weighted by atomic mass is 79.9. The molecule has 22 heavy (non-hydrogen) atoms. The Bertz CT molecular complexity index is 702. The van der Waals surface area contributed by atoms with Crippen molar-refractivity contribution in [2.45, 2.75) is 12.5 Å². The quantitative estimate of drug-likeness (QED) is 0.906. The third-order valence-corrected chi connectivity index (χ3v) is 4.30. The summed E-state index contributed by atoms with van der Waals surface area (Å²) in [5.41, 5.74) is 1.62. The van der Waals surface area contributed by atoms with Crippen molar-refractivity contribution in [1.29, 1.82) is 0 Å². The average molecular weight is 362 g/mol. The highest BCUT2D eigenvalue weighted by Gasteiger charge is 2.23. The molecule has 0 bridgehead atoms. The highest BCUT2D eigenvalue weighted by Crippen LogP contribution is 2.32. The number of rotatable bonds is 3. The lowest BCUT2D eigenvalue weighted by Gasteiger charge is -2.26. The van der Waals surface area contributed by atoms with E-state index in [1.54, 1.807) is 25.3 Å². The van der Waals surface area contributed by atoms with Gasteiger partial charge in [-0.25, -0.2) is 0 Å². The number of halogens is 1. The van der Waals surface area contributed by atoms with Crippen molar-refractivity contribution in [1.82, 2.24) is 5.32 Å². The van der Waals surface area contributed by atoms with Gasteiger partial charge in [-0.3, -0.25) is 4.79 Å². The third-order valence-electron chi connectivity index (χ3n) is 3.68. The summed E-state index contributed by atoms with van der Waals surface area (Å²) in [5, 5.41) is 3.08. The van der Waals surface area contributed by atoms with E-state index in [1.165, 1.54) is 0 Å². The van der Waals surface area contributed by atoms with Gasteiger partial charge >= 0.3 is 0 Å². The molecule has 0 aromatic heterocycles. The maximum atomic E-state index is 12.5. The monoisotopic (exact) mass is 361 g/mol. The van der Waals surface area contributed by atoms with Gasteiger partial charge in [-0.05, 0) is 40.2 Å². The van der Waals surface area contributed by atoms with Crippen LogP contribution in [0.3, 0.4) is 0 Å². The maximum absolute atomic E-state index is 12.5. The number of hydrogen-bond donors (Lipinski definition) is 1. The Balaban J connectivity index is 1.79. The zero-order valence-corrected chi connectivity index (χ0v) is 13.7. The Morgan fingerprint density at radius 1 is 1.32 bits per heavy atom. The van der Waals surface area contributed by atoms with Crippen LogP contribution in [0.15, 0.2) is 46.9 Å². The first kappa shape index (κ1) is 14.9. The van der Waals surface area contributed by atoms with Gasteiger partial charge in [-0.2, -0.15) is 0 Å². The summed E-state index contributed by atoms with van der Waals surface area (Å²) in [4.78, 5) is 12.5. The minimum absolute atomic E-state index is 0.0293. The maximum Gasteiger partial charge on any atom is 0.251 e. The van der Waals surface area contributed by atoms with Gasteiger partial charge in [0.05, 0.1) is 24.2 Å². The fraction of sp³-hybridized carbons (Fsp3) is 0.235. The standard InChI is InChI=1S/C17H16BrNO3/c1-21-16-7-6-11(10-13(16)18)17(20)19-14-8-9-22-15-5-3-2-4-12(14)15/h2-7,10,14H,8-9H2,1H3,(H,19,20)/t14-/m0/s1. The Morgan fingerprint density at radius 2 is 2.14 bits per heavy atom. The lowest BCUT2D eigenvalue weighted by atomic mass is 10.00. The van der Waals surface area contributed by atoms with Crippen LogP contribution in [0.25, 0.3) is 0 Å². The van der Waals surface area contributed by atoms with Crippen LogP contribution in [-0.2, 0) is 0 Å². The van der Waals surface area contributed by atoms with Gasteiger partial charge in [-0.1, -0.05) is 18.2 Å². The molecule has 2 aromatic rings. The van der Waals surface area contributed by atoms with E-state index < -0.39 is 0 Å². The van der Waals surface area contributed by atoms with Crippen molar-refractivity contribution < 1.29 is 14.3 Å². The number of carbonyl (C=O) groups excluding carboxylic acids is 1. The average Bonchev–Trinajstić information content (AvgIpc) is 2.55. The molecule has 1 aliphatic rings. The lowest BCUT2D eigenvalue weighted by molar-refractivity contribution is 0.0924. The molecule has 1 heterocycles. The molecule has 4 nitrogen and oxygen atoms in total. The highest BCUT2D eigenvalue weighted by molar-refractivity contribution is 9.10. The van der Waals surface area contributed by atoms with Gasteiger partial charge in [0, 0.05) is 17.5 Å². The molecule has 0 spiro atoms. The summed E-state index contributed by atoms with van der Waals surface area (Å²) in [6, 6.07) is 13.1. The van der Waals surface area contributed by atoms with E-state index in [2.05, 4.69) is 21.2 Å². The van der Waals surface area contributed by atoms with E-state index in [0.717, 1.165) is 22.2 Å². The fourth-order valence-electron chi connectivity index (χ4n) is 2.54. The molecule has 0 radical (unpaired) electrons. The van der Waals surface area contributed by atoms with Crippen LogP contribution in [0.4, 0.5) is 0 Å². The van der Waals surface area contributed by atoms with Crippen molar-refractivity contribution in [3.05, 3.63) is 58.1 Å². The topological polar surface area (TPSA) is 47.6 Å². The zero-order chi connectivity index (χ0) is 15.5. The van der Waals surface area contributed by atoms with Crippen molar-refractivity contribution >= 4 is 21.8 Å². The van der Waals surface area contributed by atoms with Crippen LogP contribution in [-0.4, -0.2) is 19.6 Å². The second-order valence-corrected chi connectivity index (χ2v) is 5.90. The predicted molar refractivity (Wildman–Crippen MR) is 87.5 cm³/mol. The van der Waals surface area contributed by atoms with Crippen molar-refractivity contribution in [3.63, 3.8) is 0 Å². The van der Waals surface area contributed by atoms with Crippen LogP contribution in [0, 0.1) is 0 Å². The molecule has 3 rings (SSSR count). The van der Waals surface area contributed by atoms with E-state index in [1.807, 2.05) is 24.3 Å². The molecule has 1 atom stereocenters. The largest absolute Gasteiger partial charge is 0.496 e. The lowest BCUT2D eigenvalue weighted by Crippen LogP contribution is -2.32. The number of ether oxygens (including phenoxy) is 2. The number of benzene rings is 2. The van der Waals surface area contributed by atoms with Gasteiger partial charge in [0.1, 0.15) is 11.5 Å². The number of amides is 1. The Morgan fingerprint density at radius 3 is 2.91 bits per heavy atom. The summed E-state index contributed by atoms with van der Waals surface area (Å²) >= 11 is 3.40. The van der Waals surface area contributed by atoms with Crippen LogP contribution in [0.1, 0.15) is 28.4 Å².